The molecule has 1 aliphatic heterocycles. The molecule has 1 atom stereocenters. The van der Waals surface area contributed by atoms with Gasteiger partial charge in [-0.05, 0) is 43.7 Å². The minimum atomic E-state index is -0.575. The van der Waals surface area contributed by atoms with Crippen LogP contribution < -0.4 is 10.6 Å². The molecule has 0 saturated heterocycles. The Morgan fingerprint density at radius 1 is 1.06 bits per heavy atom. The number of amides is 1. The first-order valence-electron chi connectivity index (χ1n) is 10.6. The van der Waals surface area contributed by atoms with E-state index in [1.54, 1.807) is 41.3 Å². The lowest BCUT2D eigenvalue weighted by Gasteiger charge is -2.28. The van der Waals surface area contributed by atoms with Gasteiger partial charge in [0.25, 0.3) is 5.91 Å². The molecule has 0 bridgehead atoms. The first-order valence-corrected chi connectivity index (χ1v) is 11.3. The van der Waals surface area contributed by atoms with E-state index < -0.39 is 6.04 Å². The summed E-state index contributed by atoms with van der Waals surface area (Å²) < 4.78 is 1.71. The molecule has 0 saturated carbocycles. The lowest BCUT2D eigenvalue weighted by atomic mass is 9.95. The van der Waals surface area contributed by atoms with Gasteiger partial charge in [0, 0.05) is 17.5 Å². The number of nitrogens with one attached hydrogen (secondary N) is 2. The van der Waals surface area contributed by atoms with E-state index in [1.807, 2.05) is 44.2 Å². The third-order valence-corrected chi connectivity index (χ3v) is 6.32. The number of aromatic nitrogens is 4. The number of carbonyl (C=O) groups excluding carboxylic acids is 1. The summed E-state index contributed by atoms with van der Waals surface area (Å²) in [6, 6.07) is 16.2. The molecule has 3 heterocycles. The summed E-state index contributed by atoms with van der Waals surface area (Å²) in [6.07, 6.45) is 3.24. The Morgan fingerprint density at radius 2 is 1.85 bits per heavy atom. The molecule has 2 N–H and O–H groups in total. The van der Waals surface area contributed by atoms with Gasteiger partial charge in [0.05, 0.1) is 27.5 Å². The number of halogens is 2. The van der Waals surface area contributed by atoms with Crippen LogP contribution in [0.1, 0.15) is 24.1 Å². The lowest BCUT2D eigenvalue weighted by Crippen LogP contribution is -2.31. The number of hydrogen-bond donors (Lipinski definition) is 2. The van der Waals surface area contributed by atoms with Crippen LogP contribution in [0.15, 0.2) is 78.3 Å². The van der Waals surface area contributed by atoms with E-state index in [0.29, 0.717) is 38.8 Å². The fourth-order valence-electron chi connectivity index (χ4n) is 3.90. The molecule has 5 rings (SSSR count). The topological polar surface area (TPSA) is 84.7 Å². The number of hydrogen-bond acceptors (Lipinski definition) is 5. The maximum absolute atomic E-state index is 13.5. The van der Waals surface area contributed by atoms with E-state index in [4.69, 9.17) is 33.3 Å². The van der Waals surface area contributed by atoms with Gasteiger partial charge in [-0.25, -0.2) is 4.68 Å². The number of benzene rings is 2. The van der Waals surface area contributed by atoms with Crippen molar-refractivity contribution in [1.29, 1.82) is 0 Å². The molecule has 9 heteroatoms. The normalized spacial score (nSPS) is 15.0. The van der Waals surface area contributed by atoms with E-state index in [9.17, 15) is 4.79 Å². The number of fused-ring (bicyclic) bond motifs is 1. The molecule has 7 nitrogen and oxygen atoms in total. The second kappa shape index (κ2) is 8.93. The number of allylic oxidation sites excluding steroid dienone is 1. The number of rotatable bonds is 4. The van der Waals surface area contributed by atoms with E-state index in [0.717, 1.165) is 16.7 Å². The van der Waals surface area contributed by atoms with Gasteiger partial charge < -0.3 is 10.6 Å². The Labute approximate surface area is 206 Å². The monoisotopic (exact) mass is 490 g/mol. The zero-order valence-electron chi connectivity index (χ0n) is 18.4. The summed E-state index contributed by atoms with van der Waals surface area (Å²) >= 11 is 12.5. The summed E-state index contributed by atoms with van der Waals surface area (Å²) in [5, 5.41) is 11.8. The van der Waals surface area contributed by atoms with Crippen LogP contribution in [-0.2, 0) is 4.79 Å². The first kappa shape index (κ1) is 22.1. The third-order valence-electron chi connectivity index (χ3n) is 5.59. The van der Waals surface area contributed by atoms with Gasteiger partial charge in [0.1, 0.15) is 6.04 Å². The molecule has 2 aromatic heterocycles. The van der Waals surface area contributed by atoms with Crippen molar-refractivity contribution in [2.45, 2.75) is 19.9 Å². The van der Waals surface area contributed by atoms with Crippen LogP contribution in [0.3, 0.4) is 0 Å². The molecule has 2 aromatic carbocycles. The summed E-state index contributed by atoms with van der Waals surface area (Å²) in [5.74, 6) is 0.795. The van der Waals surface area contributed by atoms with Crippen molar-refractivity contribution in [1.82, 2.24) is 19.7 Å². The van der Waals surface area contributed by atoms with Gasteiger partial charge in [0.2, 0.25) is 5.95 Å². The van der Waals surface area contributed by atoms with Crippen molar-refractivity contribution in [3.63, 3.8) is 0 Å². The van der Waals surface area contributed by atoms with Gasteiger partial charge in [-0.1, -0.05) is 59.1 Å². The Kier molecular flexibility index (Phi) is 5.81. The van der Waals surface area contributed by atoms with Crippen LogP contribution in [0, 0.1) is 6.92 Å². The predicted molar refractivity (Wildman–Crippen MR) is 134 cm³/mol. The summed E-state index contributed by atoms with van der Waals surface area (Å²) in [4.78, 5) is 22.3. The van der Waals surface area contributed by atoms with Crippen molar-refractivity contribution in [2.24, 2.45) is 0 Å². The highest BCUT2D eigenvalue weighted by molar-refractivity contribution is 6.42. The number of carbonyl (C=O) groups is 1. The smallest absolute Gasteiger partial charge is 0.255 e. The molecule has 0 aliphatic carbocycles. The Hall–Kier alpha value is -3.68. The van der Waals surface area contributed by atoms with E-state index in [2.05, 4.69) is 15.6 Å². The van der Waals surface area contributed by atoms with Gasteiger partial charge >= 0.3 is 0 Å². The predicted octanol–water partition coefficient (Wildman–Crippen LogP) is 5.88. The fraction of sp³-hybridized carbons (Fsp3) is 0.120. The van der Waals surface area contributed by atoms with Crippen molar-refractivity contribution < 1.29 is 4.79 Å². The molecule has 0 radical (unpaired) electrons. The van der Waals surface area contributed by atoms with E-state index in [-0.39, 0.29) is 5.91 Å². The minimum Gasteiger partial charge on any atom is -0.328 e. The number of pyridine rings is 1. The molecular formula is C25H20Cl2N6O. The molecule has 1 amide bonds. The van der Waals surface area contributed by atoms with Gasteiger partial charge in [-0.3, -0.25) is 9.78 Å². The highest BCUT2D eigenvalue weighted by Crippen LogP contribution is 2.38. The second-order valence-electron chi connectivity index (χ2n) is 8.01. The Bertz CT molecular complexity index is 1410. The fourth-order valence-corrected chi connectivity index (χ4v) is 4.20. The highest BCUT2D eigenvalue weighted by atomic mass is 35.5. The van der Waals surface area contributed by atoms with Crippen LogP contribution in [0.2, 0.25) is 10.0 Å². The maximum atomic E-state index is 13.5. The SMILES string of the molecule is CC1=C(C(=O)Nc2cccnc2)C(c2ccc(Cl)c(Cl)c2)n2nc(-c3ccc(C)cc3)nc2N1. The van der Waals surface area contributed by atoms with Crippen molar-refractivity contribution >= 4 is 40.7 Å². The Balaban J connectivity index is 1.62. The van der Waals surface area contributed by atoms with E-state index in [1.165, 1.54) is 0 Å². The summed E-state index contributed by atoms with van der Waals surface area (Å²) in [5.41, 5.74) is 4.51. The number of aryl methyl sites for hydroxylation is 1. The zero-order valence-corrected chi connectivity index (χ0v) is 19.9. The third kappa shape index (κ3) is 4.16. The molecule has 1 aliphatic rings. The summed E-state index contributed by atoms with van der Waals surface area (Å²) in [6.45, 7) is 3.87. The molecule has 0 spiro atoms. The first-order chi connectivity index (χ1) is 16.4. The molecule has 34 heavy (non-hydrogen) atoms. The van der Waals surface area contributed by atoms with Crippen molar-refractivity contribution in [3.05, 3.63) is 99.4 Å². The highest BCUT2D eigenvalue weighted by Gasteiger charge is 2.34. The van der Waals surface area contributed by atoms with E-state index >= 15 is 0 Å². The van der Waals surface area contributed by atoms with Crippen LogP contribution in [0.25, 0.3) is 11.4 Å². The number of anilines is 2. The lowest BCUT2D eigenvalue weighted by molar-refractivity contribution is -0.113. The second-order valence-corrected chi connectivity index (χ2v) is 8.82. The van der Waals surface area contributed by atoms with Gasteiger partial charge in [-0.2, -0.15) is 4.98 Å². The van der Waals surface area contributed by atoms with Crippen LogP contribution in [-0.4, -0.2) is 25.7 Å². The molecule has 4 aromatic rings. The van der Waals surface area contributed by atoms with Crippen LogP contribution in [0.4, 0.5) is 11.6 Å². The van der Waals surface area contributed by atoms with Crippen LogP contribution >= 0.6 is 23.2 Å². The zero-order chi connectivity index (χ0) is 23.8. The summed E-state index contributed by atoms with van der Waals surface area (Å²) in [7, 11) is 0. The molecule has 170 valence electrons. The molecule has 0 fully saturated rings. The van der Waals surface area contributed by atoms with Crippen molar-refractivity contribution in [2.75, 3.05) is 10.6 Å². The average Bonchev–Trinajstić information content (AvgIpc) is 3.24. The molecule has 1 unspecified atom stereocenters. The van der Waals surface area contributed by atoms with Crippen molar-refractivity contribution in [3.8, 4) is 11.4 Å². The Morgan fingerprint density at radius 3 is 2.56 bits per heavy atom. The standard InChI is InChI=1S/C25H20Cl2N6O/c1-14-5-7-16(8-6-14)23-31-25-29-15(2)21(24(34)30-18-4-3-11-28-13-18)22(33(25)32-23)17-9-10-19(26)20(27)12-17/h3-13,22H,1-2H3,(H,30,34)(H,29,31,32). The number of nitrogens with zero attached hydrogens (tertiary/aromatic N) is 4. The minimum absolute atomic E-state index is 0.285. The average molecular weight is 491 g/mol. The van der Waals surface area contributed by atoms with Gasteiger partial charge in [0.15, 0.2) is 5.82 Å². The quantitative estimate of drug-likeness (QED) is 0.372. The van der Waals surface area contributed by atoms with Crippen LogP contribution in [0.5, 0.6) is 0 Å². The largest absolute Gasteiger partial charge is 0.328 e. The maximum Gasteiger partial charge on any atom is 0.255 e. The van der Waals surface area contributed by atoms with Gasteiger partial charge in [-0.15, -0.1) is 5.10 Å². The molecular weight excluding hydrogens is 471 g/mol.